The first kappa shape index (κ1) is 12.2. The number of halogens is 2. The van der Waals surface area contributed by atoms with E-state index in [0.717, 1.165) is 6.07 Å². The molecule has 1 rings (SSSR count). The van der Waals surface area contributed by atoms with E-state index >= 15 is 0 Å². The molecule has 0 atom stereocenters. The number of alkyl halides is 2. The van der Waals surface area contributed by atoms with Crippen molar-refractivity contribution in [2.45, 2.75) is 13.0 Å². The van der Waals surface area contributed by atoms with E-state index in [1.165, 1.54) is 7.11 Å². The van der Waals surface area contributed by atoms with Gasteiger partial charge in [-0.25, -0.2) is 13.8 Å². The third kappa shape index (κ3) is 2.22. The lowest BCUT2D eigenvalue weighted by atomic mass is 10.1. The summed E-state index contributed by atoms with van der Waals surface area (Å²) in [6.45, 7) is -0.322. The molecule has 1 aromatic heterocycles. The Kier molecular flexibility index (Phi) is 3.67. The standard InChI is InChI=1S/C8H9F2N3O3/c1-16-6-2-5(13(14)15)7(8(9)10)4(3-11)12-6/h2,8H,3,11H2,1H3. The summed E-state index contributed by atoms with van der Waals surface area (Å²) < 4.78 is 29.9. The van der Waals surface area contributed by atoms with E-state index in [-0.39, 0.29) is 18.1 Å². The number of nitro groups is 1. The van der Waals surface area contributed by atoms with Crippen molar-refractivity contribution in [1.82, 2.24) is 4.98 Å². The molecule has 0 saturated heterocycles. The van der Waals surface area contributed by atoms with E-state index in [9.17, 15) is 18.9 Å². The average Bonchev–Trinajstić information content (AvgIpc) is 2.26. The zero-order valence-electron chi connectivity index (χ0n) is 8.31. The fraction of sp³-hybridized carbons (Fsp3) is 0.375. The molecule has 16 heavy (non-hydrogen) atoms. The smallest absolute Gasteiger partial charge is 0.285 e. The third-order valence-corrected chi connectivity index (χ3v) is 1.91. The highest BCUT2D eigenvalue weighted by Gasteiger charge is 2.27. The number of rotatable bonds is 4. The van der Waals surface area contributed by atoms with Crippen LogP contribution in [0.25, 0.3) is 0 Å². The zero-order chi connectivity index (χ0) is 12.3. The first-order valence-electron chi connectivity index (χ1n) is 4.21. The molecule has 0 radical (unpaired) electrons. The minimum absolute atomic E-state index is 0.114. The molecule has 0 spiro atoms. The Bertz CT molecular complexity index is 412. The highest BCUT2D eigenvalue weighted by molar-refractivity contribution is 5.46. The first-order valence-corrected chi connectivity index (χ1v) is 4.21. The average molecular weight is 233 g/mol. The van der Waals surface area contributed by atoms with Gasteiger partial charge in [-0.05, 0) is 0 Å². The Hall–Kier alpha value is -1.83. The van der Waals surface area contributed by atoms with Crippen LogP contribution in [0.3, 0.4) is 0 Å². The van der Waals surface area contributed by atoms with Crippen LogP contribution in [-0.2, 0) is 6.54 Å². The molecule has 0 fully saturated rings. The molecule has 0 aliphatic heterocycles. The quantitative estimate of drug-likeness (QED) is 0.626. The number of ether oxygens (including phenoxy) is 1. The van der Waals surface area contributed by atoms with Gasteiger partial charge in [0.15, 0.2) is 0 Å². The fourth-order valence-corrected chi connectivity index (χ4v) is 1.22. The second-order valence-electron chi connectivity index (χ2n) is 2.81. The summed E-state index contributed by atoms with van der Waals surface area (Å²) in [6.07, 6.45) is -3.00. The molecule has 1 heterocycles. The van der Waals surface area contributed by atoms with E-state index in [1.807, 2.05) is 0 Å². The Balaban J connectivity index is 3.47. The van der Waals surface area contributed by atoms with Gasteiger partial charge in [0.05, 0.1) is 23.8 Å². The number of hydrogen-bond donors (Lipinski definition) is 1. The normalized spacial score (nSPS) is 10.6. The molecule has 0 saturated carbocycles. The minimum atomic E-state index is -3.00. The van der Waals surface area contributed by atoms with Crippen molar-refractivity contribution < 1.29 is 18.4 Å². The predicted molar refractivity (Wildman–Crippen MR) is 50.3 cm³/mol. The summed E-state index contributed by atoms with van der Waals surface area (Å²) in [5, 5.41) is 10.6. The van der Waals surface area contributed by atoms with Gasteiger partial charge in [0.1, 0.15) is 5.56 Å². The maximum absolute atomic E-state index is 12.6. The van der Waals surface area contributed by atoms with Crippen molar-refractivity contribution in [2.75, 3.05) is 7.11 Å². The first-order chi connectivity index (χ1) is 7.51. The summed E-state index contributed by atoms with van der Waals surface area (Å²) in [5.41, 5.74) is 3.48. The van der Waals surface area contributed by atoms with Crippen LogP contribution in [0.1, 0.15) is 17.7 Å². The maximum atomic E-state index is 12.6. The molecule has 0 aliphatic carbocycles. The van der Waals surface area contributed by atoms with Gasteiger partial charge in [0, 0.05) is 6.54 Å². The topological polar surface area (TPSA) is 91.3 Å². The lowest BCUT2D eigenvalue weighted by Crippen LogP contribution is -2.09. The van der Waals surface area contributed by atoms with Crippen LogP contribution < -0.4 is 10.5 Å². The maximum Gasteiger partial charge on any atom is 0.285 e. The SMILES string of the molecule is COc1cc([N+](=O)[O-])c(C(F)F)c(CN)n1. The summed E-state index contributed by atoms with van der Waals surface area (Å²) in [7, 11) is 1.23. The zero-order valence-corrected chi connectivity index (χ0v) is 8.31. The van der Waals surface area contributed by atoms with Crippen LogP contribution in [0.2, 0.25) is 0 Å². The molecule has 88 valence electrons. The van der Waals surface area contributed by atoms with Crippen molar-refractivity contribution >= 4 is 5.69 Å². The Labute approximate surface area is 89.2 Å². The van der Waals surface area contributed by atoms with Gasteiger partial charge >= 0.3 is 0 Å². The summed E-state index contributed by atoms with van der Waals surface area (Å²) >= 11 is 0. The number of pyridine rings is 1. The molecule has 6 nitrogen and oxygen atoms in total. The van der Waals surface area contributed by atoms with E-state index in [0.29, 0.717) is 0 Å². The molecule has 0 aliphatic rings. The lowest BCUT2D eigenvalue weighted by molar-refractivity contribution is -0.386. The van der Waals surface area contributed by atoms with E-state index in [2.05, 4.69) is 9.72 Å². The van der Waals surface area contributed by atoms with Crippen LogP contribution >= 0.6 is 0 Å². The minimum Gasteiger partial charge on any atom is -0.481 e. The van der Waals surface area contributed by atoms with Gasteiger partial charge in [0.25, 0.3) is 12.1 Å². The molecule has 0 amide bonds. The van der Waals surface area contributed by atoms with Gasteiger partial charge in [-0.3, -0.25) is 10.1 Å². The highest BCUT2D eigenvalue weighted by Crippen LogP contribution is 2.33. The van der Waals surface area contributed by atoms with Crippen molar-refractivity contribution in [3.8, 4) is 5.88 Å². The lowest BCUT2D eigenvalue weighted by Gasteiger charge is -2.08. The third-order valence-electron chi connectivity index (χ3n) is 1.91. The Morgan fingerprint density at radius 2 is 2.31 bits per heavy atom. The summed E-state index contributed by atoms with van der Waals surface area (Å²) in [4.78, 5) is 13.3. The number of nitrogens with two attached hydrogens (primary N) is 1. The van der Waals surface area contributed by atoms with Crippen LogP contribution in [-0.4, -0.2) is 17.0 Å². The fourth-order valence-electron chi connectivity index (χ4n) is 1.22. The summed E-state index contributed by atoms with van der Waals surface area (Å²) in [6, 6.07) is 0.848. The molecule has 1 aromatic rings. The van der Waals surface area contributed by atoms with E-state index in [4.69, 9.17) is 5.73 Å². The van der Waals surface area contributed by atoms with Crippen LogP contribution in [0.4, 0.5) is 14.5 Å². The number of hydrogen-bond acceptors (Lipinski definition) is 5. The number of aromatic nitrogens is 1. The molecule has 2 N–H and O–H groups in total. The van der Waals surface area contributed by atoms with Crippen molar-refractivity contribution in [3.05, 3.63) is 27.4 Å². The molecule has 0 unspecified atom stereocenters. The van der Waals surface area contributed by atoms with Gasteiger partial charge in [-0.1, -0.05) is 0 Å². The van der Waals surface area contributed by atoms with Crippen LogP contribution in [0, 0.1) is 10.1 Å². The van der Waals surface area contributed by atoms with Crippen LogP contribution in [0.15, 0.2) is 6.07 Å². The van der Waals surface area contributed by atoms with Crippen molar-refractivity contribution in [2.24, 2.45) is 5.73 Å². The second kappa shape index (κ2) is 4.79. The molecule has 0 bridgehead atoms. The van der Waals surface area contributed by atoms with E-state index < -0.39 is 22.6 Å². The van der Waals surface area contributed by atoms with Gasteiger partial charge in [0.2, 0.25) is 5.88 Å². The molecule has 0 aromatic carbocycles. The number of methoxy groups -OCH3 is 1. The Morgan fingerprint density at radius 3 is 2.69 bits per heavy atom. The molecular formula is C8H9F2N3O3. The van der Waals surface area contributed by atoms with Crippen molar-refractivity contribution in [1.29, 1.82) is 0 Å². The number of nitrogens with zero attached hydrogens (tertiary/aromatic N) is 2. The Morgan fingerprint density at radius 1 is 1.69 bits per heavy atom. The van der Waals surface area contributed by atoms with Crippen molar-refractivity contribution in [3.63, 3.8) is 0 Å². The van der Waals surface area contributed by atoms with Crippen LogP contribution in [0.5, 0.6) is 5.88 Å². The van der Waals surface area contributed by atoms with Gasteiger partial charge in [-0.15, -0.1) is 0 Å². The van der Waals surface area contributed by atoms with Gasteiger partial charge < -0.3 is 10.5 Å². The monoisotopic (exact) mass is 233 g/mol. The van der Waals surface area contributed by atoms with Gasteiger partial charge in [-0.2, -0.15) is 0 Å². The summed E-state index contributed by atoms with van der Waals surface area (Å²) in [5.74, 6) is -0.114. The molecule has 8 heteroatoms. The largest absolute Gasteiger partial charge is 0.481 e. The molecular weight excluding hydrogens is 224 g/mol. The second-order valence-corrected chi connectivity index (χ2v) is 2.81. The van der Waals surface area contributed by atoms with E-state index in [1.54, 1.807) is 0 Å². The highest BCUT2D eigenvalue weighted by atomic mass is 19.3. The predicted octanol–water partition coefficient (Wildman–Crippen LogP) is 1.39.